The first-order chi connectivity index (χ1) is 21.3. The molecule has 2 atom stereocenters. The van der Waals surface area contributed by atoms with Crippen LogP contribution in [-0.4, -0.2) is 57.9 Å². The van der Waals surface area contributed by atoms with Crippen LogP contribution < -0.4 is 20.9 Å². The number of furan rings is 1. The van der Waals surface area contributed by atoms with Crippen molar-refractivity contribution in [3.8, 4) is 11.1 Å². The number of nitrogens with one attached hydrogen (secondary N) is 3. The summed E-state index contributed by atoms with van der Waals surface area (Å²) in [7, 11) is 0. The lowest BCUT2D eigenvalue weighted by atomic mass is 9.95. The molecule has 0 spiro atoms. The molecule has 5 rings (SSSR count). The Morgan fingerprint density at radius 2 is 1.82 bits per heavy atom. The first-order valence-corrected chi connectivity index (χ1v) is 14.2. The quantitative estimate of drug-likeness (QED) is 0.195. The third kappa shape index (κ3) is 7.11. The zero-order valence-electron chi connectivity index (χ0n) is 25.0. The summed E-state index contributed by atoms with van der Waals surface area (Å²) in [6, 6.07) is 6.13. The second kappa shape index (κ2) is 12.4. The molecule has 0 radical (unpaired) electrons. The van der Waals surface area contributed by atoms with Gasteiger partial charge in [0, 0.05) is 37.1 Å². The fourth-order valence-electron chi connectivity index (χ4n) is 5.36. The van der Waals surface area contributed by atoms with Gasteiger partial charge in [0.25, 0.3) is 5.91 Å². The predicted octanol–water partition coefficient (Wildman–Crippen LogP) is 6.25. The van der Waals surface area contributed by atoms with Crippen LogP contribution in [0.5, 0.6) is 0 Å². The number of piperidine rings is 1. The molecule has 45 heavy (non-hydrogen) atoms. The van der Waals surface area contributed by atoms with Gasteiger partial charge >= 0.3 is 12.2 Å². The minimum absolute atomic E-state index is 0.0156. The summed E-state index contributed by atoms with van der Waals surface area (Å²) in [5.41, 5.74) is -0.398. The Bertz CT molecular complexity index is 1750. The molecule has 4 N–H and O–H groups in total. The molecule has 0 bridgehead atoms. The lowest BCUT2D eigenvalue weighted by Gasteiger charge is -2.38. The van der Waals surface area contributed by atoms with Crippen molar-refractivity contribution in [1.82, 2.24) is 15.3 Å². The number of carbonyl (C=O) groups excluding carboxylic acids is 2. The van der Waals surface area contributed by atoms with E-state index in [1.165, 1.54) is 24.5 Å². The van der Waals surface area contributed by atoms with Crippen molar-refractivity contribution in [2.45, 2.75) is 45.8 Å². The number of nitrogens with zero attached hydrogens (tertiary/aromatic N) is 3. The van der Waals surface area contributed by atoms with Crippen LogP contribution in [0.1, 0.15) is 44.5 Å². The Morgan fingerprint density at radius 3 is 2.51 bits per heavy atom. The standard InChI is InChI=1S/C31H32F2N6O6/c1-16-10-18(36-29(41)42)15-39(14-16)22-8-9-34-13-21(22)37-27(40)25-26-23(44-28(25)38-30(43)45-31(2,3)4)11-17(12-35-26)24-19(32)6-5-7-20(24)33/h5-9,11-13,16,18,36H,10,14-15H2,1-4H3,(H,37,40)(H,38,43)(H,41,42)/t16-,18+/m1/s1. The third-order valence-corrected chi connectivity index (χ3v) is 7.00. The Balaban J connectivity index is 1.52. The van der Waals surface area contributed by atoms with E-state index in [9.17, 15) is 28.3 Å². The van der Waals surface area contributed by atoms with Crippen LogP contribution in [0.25, 0.3) is 22.2 Å². The van der Waals surface area contributed by atoms with Gasteiger partial charge in [-0.25, -0.2) is 18.4 Å². The molecule has 14 heteroatoms. The number of anilines is 3. The van der Waals surface area contributed by atoms with E-state index in [0.717, 1.165) is 12.1 Å². The number of carboxylic acid groups (broad SMARTS) is 1. The molecule has 236 valence electrons. The fourth-order valence-corrected chi connectivity index (χ4v) is 5.36. The van der Waals surface area contributed by atoms with E-state index in [-0.39, 0.29) is 45.6 Å². The monoisotopic (exact) mass is 622 g/mol. The van der Waals surface area contributed by atoms with Crippen LogP contribution in [0.15, 0.2) is 53.3 Å². The van der Waals surface area contributed by atoms with E-state index in [4.69, 9.17) is 9.15 Å². The van der Waals surface area contributed by atoms with Gasteiger partial charge in [0.2, 0.25) is 5.88 Å². The van der Waals surface area contributed by atoms with Gasteiger partial charge in [-0.3, -0.25) is 20.1 Å². The average Bonchev–Trinajstić information content (AvgIpc) is 3.28. The SMILES string of the molecule is C[C@@H]1C[C@H](NC(=O)O)CN(c2ccncc2NC(=O)c2c(NC(=O)OC(C)(C)C)oc3cc(-c4c(F)cccc4F)cnc23)C1. The predicted molar refractivity (Wildman–Crippen MR) is 162 cm³/mol. The number of pyridine rings is 2. The zero-order valence-corrected chi connectivity index (χ0v) is 25.0. The van der Waals surface area contributed by atoms with Gasteiger partial charge < -0.3 is 29.8 Å². The van der Waals surface area contributed by atoms with Crippen molar-refractivity contribution >= 4 is 46.5 Å². The highest BCUT2D eigenvalue weighted by Gasteiger charge is 2.30. The van der Waals surface area contributed by atoms with Gasteiger partial charge in [-0.2, -0.15) is 0 Å². The Morgan fingerprint density at radius 1 is 1.09 bits per heavy atom. The first-order valence-electron chi connectivity index (χ1n) is 14.2. The van der Waals surface area contributed by atoms with E-state index in [2.05, 4.69) is 25.9 Å². The minimum Gasteiger partial charge on any atom is -0.465 e. The van der Waals surface area contributed by atoms with Crippen molar-refractivity contribution < 1.29 is 37.4 Å². The maximum atomic E-state index is 14.5. The maximum absolute atomic E-state index is 14.5. The highest BCUT2D eigenvalue weighted by molar-refractivity contribution is 6.17. The van der Waals surface area contributed by atoms with Crippen LogP contribution in [0, 0.1) is 17.6 Å². The molecule has 4 heterocycles. The van der Waals surface area contributed by atoms with E-state index >= 15 is 0 Å². The van der Waals surface area contributed by atoms with E-state index in [1.54, 1.807) is 33.0 Å². The van der Waals surface area contributed by atoms with Crippen molar-refractivity contribution in [2.75, 3.05) is 28.6 Å². The number of ether oxygens (including phenoxy) is 1. The number of halogens is 2. The maximum Gasteiger partial charge on any atom is 0.414 e. The molecular weight excluding hydrogens is 590 g/mol. The summed E-state index contributed by atoms with van der Waals surface area (Å²) in [5, 5.41) is 17.0. The third-order valence-electron chi connectivity index (χ3n) is 7.00. The van der Waals surface area contributed by atoms with Gasteiger partial charge in [0.05, 0.1) is 23.1 Å². The van der Waals surface area contributed by atoms with E-state index in [1.807, 2.05) is 11.8 Å². The molecule has 1 aromatic carbocycles. The largest absolute Gasteiger partial charge is 0.465 e. The average molecular weight is 623 g/mol. The minimum atomic E-state index is -1.12. The lowest BCUT2D eigenvalue weighted by molar-refractivity contribution is 0.0632. The molecule has 3 aromatic heterocycles. The molecule has 4 aromatic rings. The van der Waals surface area contributed by atoms with Crippen LogP contribution in [0.3, 0.4) is 0 Å². The van der Waals surface area contributed by atoms with E-state index in [0.29, 0.717) is 30.9 Å². The number of rotatable bonds is 6. The molecule has 0 unspecified atom stereocenters. The molecule has 12 nitrogen and oxygen atoms in total. The summed E-state index contributed by atoms with van der Waals surface area (Å²) >= 11 is 0. The van der Waals surface area contributed by atoms with Crippen molar-refractivity contribution in [3.05, 3.63) is 66.1 Å². The molecule has 1 aliphatic heterocycles. The highest BCUT2D eigenvalue weighted by Crippen LogP contribution is 2.35. The summed E-state index contributed by atoms with van der Waals surface area (Å²) in [6.45, 7) is 7.95. The molecule has 1 saturated heterocycles. The second-order valence-corrected chi connectivity index (χ2v) is 11.8. The lowest BCUT2D eigenvalue weighted by Crippen LogP contribution is -2.50. The van der Waals surface area contributed by atoms with Crippen LogP contribution in [-0.2, 0) is 4.74 Å². The molecule has 0 saturated carbocycles. The van der Waals surface area contributed by atoms with Gasteiger partial charge in [0.1, 0.15) is 28.3 Å². The molecule has 0 aliphatic carbocycles. The van der Waals surface area contributed by atoms with Gasteiger partial charge in [0.15, 0.2) is 5.58 Å². The molecule has 3 amide bonds. The summed E-state index contributed by atoms with van der Waals surface area (Å²) < 4.78 is 40.2. The Hall–Kier alpha value is -5.27. The van der Waals surface area contributed by atoms with Crippen molar-refractivity contribution in [3.63, 3.8) is 0 Å². The van der Waals surface area contributed by atoms with E-state index < -0.39 is 35.3 Å². The Labute approximate surface area is 256 Å². The fraction of sp³-hybridized carbons (Fsp3) is 0.323. The number of fused-ring (bicyclic) bond motifs is 1. The molecule has 1 aliphatic rings. The first kappa shape index (κ1) is 31.2. The topological polar surface area (TPSA) is 159 Å². The Kier molecular flexibility index (Phi) is 8.57. The number of benzene rings is 1. The normalized spacial score (nSPS) is 16.7. The number of amides is 3. The summed E-state index contributed by atoms with van der Waals surface area (Å²) in [5.74, 6) is -2.50. The van der Waals surface area contributed by atoms with Crippen LogP contribution >= 0.6 is 0 Å². The second-order valence-electron chi connectivity index (χ2n) is 11.8. The number of aromatic nitrogens is 2. The highest BCUT2D eigenvalue weighted by atomic mass is 19.1. The number of hydrogen-bond acceptors (Lipinski definition) is 8. The van der Waals surface area contributed by atoms with Crippen molar-refractivity contribution in [2.24, 2.45) is 5.92 Å². The van der Waals surface area contributed by atoms with Crippen LogP contribution in [0.4, 0.5) is 35.6 Å². The molecular formula is C31H32F2N6O6. The zero-order chi connectivity index (χ0) is 32.5. The van der Waals surface area contributed by atoms with Gasteiger partial charge in [-0.15, -0.1) is 0 Å². The van der Waals surface area contributed by atoms with Gasteiger partial charge in [-0.05, 0) is 57.4 Å². The molecule has 1 fully saturated rings. The number of hydrogen-bond donors (Lipinski definition) is 4. The number of carbonyl (C=O) groups is 3. The smallest absolute Gasteiger partial charge is 0.414 e. The van der Waals surface area contributed by atoms with Crippen molar-refractivity contribution in [1.29, 1.82) is 0 Å². The summed E-state index contributed by atoms with van der Waals surface area (Å²) in [4.78, 5) is 48.3. The van der Waals surface area contributed by atoms with Crippen LogP contribution in [0.2, 0.25) is 0 Å². The summed E-state index contributed by atoms with van der Waals surface area (Å²) in [6.07, 6.45) is 2.83. The van der Waals surface area contributed by atoms with Gasteiger partial charge in [-0.1, -0.05) is 13.0 Å².